The Morgan fingerprint density at radius 2 is 1.90 bits per heavy atom. The van der Waals surface area contributed by atoms with Crippen LogP contribution in [0.5, 0.6) is 5.75 Å². The van der Waals surface area contributed by atoms with Crippen LogP contribution in [0.4, 0.5) is 4.39 Å². The average molecular weight is 315 g/mol. The lowest BCUT2D eigenvalue weighted by atomic mass is 10.00. The van der Waals surface area contributed by atoms with Gasteiger partial charge in [-0.15, -0.1) is 0 Å². The van der Waals surface area contributed by atoms with Gasteiger partial charge in [0.25, 0.3) is 0 Å². The summed E-state index contributed by atoms with van der Waals surface area (Å²) in [6.07, 6.45) is -0.918. The van der Waals surface area contributed by atoms with E-state index in [2.05, 4.69) is 0 Å². The molecule has 0 aliphatic heterocycles. The Labute approximate surface area is 126 Å². The van der Waals surface area contributed by atoms with Crippen LogP contribution < -0.4 is 4.74 Å². The Kier molecular flexibility index (Phi) is 4.86. The van der Waals surface area contributed by atoms with Crippen LogP contribution in [0.25, 0.3) is 0 Å². The van der Waals surface area contributed by atoms with Gasteiger partial charge in [0.2, 0.25) is 0 Å². The van der Waals surface area contributed by atoms with Crippen LogP contribution in [0, 0.1) is 5.82 Å². The van der Waals surface area contributed by atoms with Crippen LogP contribution in [0.2, 0.25) is 10.0 Å². The highest BCUT2D eigenvalue weighted by molar-refractivity contribution is 6.42. The van der Waals surface area contributed by atoms with Crippen molar-refractivity contribution in [3.63, 3.8) is 0 Å². The fraction of sp³-hybridized carbons (Fsp3) is 0.200. The van der Waals surface area contributed by atoms with Gasteiger partial charge in [0.1, 0.15) is 11.6 Å². The van der Waals surface area contributed by atoms with Crippen molar-refractivity contribution in [1.82, 2.24) is 0 Å². The van der Waals surface area contributed by atoms with E-state index in [-0.39, 0.29) is 12.0 Å². The first kappa shape index (κ1) is 15.1. The van der Waals surface area contributed by atoms with E-state index >= 15 is 0 Å². The molecule has 0 radical (unpaired) electrons. The van der Waals surface area contributed by atoms with Crippen LogP contribution >= 0.6 is 23.2 Å². The summed E-state index contributed by atoms with van der Waals surface area (Å²) >= 11 is 12.0. The zero-order chi connectivity index (χ0) is 14.7. The maximum atomic E-state index is 13.9. The second kappa shape index (κ2) is 6.44. The number of benzene rings is 2. The highest BCUT2D eigenvalue weighted by Crippen LogP contribution is 2.33. The van der Waals surface area contributed by atoms with Gasteiger partial charge in [-0.25, -0.2) is 4.39 Å². The van der Waals surface area contributed by atoms with Gasteiger partial charge < -0.3 is 9.84 Å². The number of aliphatic hydroxyl groups excluding tert-OH is 1. The van der Waals surface area contributed by atoms with Crippen LogP contribution in [0.3, 0.4) is 0 Å². The number of hydrogen-bond donors (Lipinski definition) is 1. The molecule has 20 heavy (non-hydrogen) atoms. The van der Waals surface area contributed by atoms with Gasteiger partial charge in [-0.1, -0.05) is 41.4 Å². The molecule has 0 saturated heterocycles. The van der Waals surface area contributed by atoms with Crippen LogP contribution in [0.1, 0.15) is 17.2 Å². The number of aliphatic hydroxyl groups is 1. The minimum absolute atomic E-state index is 0.117. The van der Waals surface area contributed by atoms with Crippen molar-refractivity contribution in [3.8, 4) is 5.75 Å². The molecule has 1 unspecified atom stereocenters. The largest absolute Gasteiger partial charge is 0.496 e. The maximum Gasteiger partial charge on any atom is 0.132 e. The van der Waals surface area contributed by atoms with Gasteiger partial charge in [0.15, 0.2) is 0 Å². The molecule has 2 aromatic rings. The zero-order valence-electron chi connectivity index (χ0n) is 10.7. The zero-order valence-corrected chi connectivity index (χ0v) is 12.2. The quantitative estimate of drug-likeness (QED) is 0.905. The normalized spacial score (nSPS) is 12.2. The van der Waals surface area contributed by atoms with E-state index in [1.54, 1.807) is 24.3 Å². The topological polar surface area (TPSA) is 29.5 Å². The molecule has 0 spiro atoms. The molecule has 0 fully saturated rings. The number of ether oxygens (including phenoxy) is 1. The van der Waals surface area contributed by atoms with Crippen molar-refractivity contribution < 1.29 is 14.2 Å². The van der Waals surface area contributed by atoms with Gasteiger partial charge >= 0.3 is 0 Å². The van der Waals surface area contributed by atoms with E-state index in [9.17, 15) is 9.50 Å². The Balaban J connectivity index is 2.33. The van der Waals surface area contributed by atoms with Crippen molar-refractivity contribution in [1.29, 1.82) is 0 Å². The number of rotatable bonds is 4. The lowest BCUT2D eigenvalue weighted by Gasteiger charge is -2.16. The highest BCUT2D eigenvalue weighted by Gasteiger charge is 2.20. The summed E-state index contributed by atoms with van der Waals surface area (Å²) in [7, 11) is 1.43. The predicted molar refractivity (Wildman–Crippen MR) is 78.1 cm³/mol. The molecule has 2 nitrogen and oxygen atoms in total. The van der Waals surface area contributed by atoms with Crippen molar-refractivity contribution in [3.05, 3.63) is 63.4 Å². The van der Waals surface area contributed by atoms with Gasteiger partial charge in [0.05, 0.1) is 28.8 Å². The van der Waals surface area contributed by atoms with Crippen molar-refractivity contribution in [2.45, 2.75) is 12.5 Å². The number of halogens is 3. The SMILES string of the molecule is COc1cccc(F)c1C(O)Cc1cccc(Cl)c1Cl. The van der Waals surface area contributed by atoms with Gasteiger partial charge in [-0.3, -0.25) is 0 Å². The third-order valence-corrected chi connectivity index (χ3v) is 3.87. The summed E-state index contributed by atoms with van der Waals surface area (Å²) in [4.78, 5) is 0. The second-order valence-corrected chi connectivity index (χ2v) is 5.07. The average Bonchev–Trinajstić information content (AvgIpc) is 2.43. The molecule has 0 aromatic heterocycles. The van der Waals surface area contributed by atoms with Crippen LogP contribution in [-0.2, 0) is 6.42 Å². The van der Waals surface area contributed by atoms with Gasteiger partial charge in [0, 0.05) is 6.42 Å². The molecule has 0 aliphatic carbocycles. The first-order chi connectivity index (χ1) is 9.54. The standard InChI is InChI=1S/C15H13Cl2FO2/c1-20-13-7-3-6-11(18)14(13)12(19)8-9-4-2-5-10(16)15(9)17/h2-7,12,19H,8H2,1H3. The number of methoxy groups -OCH3 is 1. The maximum absolute atomic E-state index is 13.9. The third-order valence-electron chi connectivity index (χ3n) is 3.01. The predicted octanol–water partition coefficient (Wildman–Crippen LogP) is 4.42. The Morgan fingerprint density at radius 1 is 1.20 bits per heavy atom. The summed E-state index contributed by atoms with van der Waals surface area (Å²) in [5.74, 6) is -0.217. The molecule has 0 saturated carbocycles. The third kappa shape index (κ3) is 3.06. The highest BCUT2D eigenvalue weighted by atomic mass is 35.5. The molecular weight excluding hydrogens is 302 g/mol. The van der Waals surface area contributed by atoms with E-state index in [0.29, 0.717) is 21.4 Å². The molecule has 5 heteroatoms. The van der Waals surface area contributed by atoms with E-state index in [0.717, 1.165) is 0 Å². The molecule has 0 amide bonds. The second-order valence-electron chi connectivity index (χ2n) is 4.29. The summed E-state index contributed by atoms with van der Waals surface area (Å²) in [5, 5.41) is 11.0. The fourth-order valence-electron chi connectivity index (χ4n) is 2.04. The molecular formula is C15H13Cl2FO2. The lowest BCUT2D eigenvalue weighted by Crippen LogP contribution is -2.07. The minimum Gasteiger partial charge on any atom is -0.496 e. The van der Waals surface area contributed by atoms with E-state index in [1.165, 1.54) is 19.2 Å². The number of hydrogen-bond acceptors (Lipinski definition) is 2. The summed E-state index contributed by atoms with van der Waals surface area (Å²) in [6.45, 7) is 0. The van der Waals surface area contributed by atoms with Crippen molar-refractivity contribution >= 4 is 23.2 Å². The molecule has 2 rings (SSSR count). The Hall–Kier alpha value is -1.29. The molecule has 0 heterocycles. The van der Waals surface area contributed by atoms with E-state index in [1.807, 2.05) is 0 Å². The Bertz CT molecular complexity index is 617. The summed E-state index contributed by atoms with van der Waals surface area (Å²) in [6, 6.07) is 9.53. The Morgan fingerprint density at radius 3 is 2.60 bits per heavy atom. The smallest absolute Gasteiger partial charge is 0.132 e. The fourth-order valence-corrected chi connectivity index (χ4v) is 2.43. The molecule has 1 atom stereocenters. The molecule has 1 N–H and O–H groups in total. The molecule has 2 aromatic carbocycles. The monoisotopic (exact) mass is 314 g/mol. The summed E-state index contributed by atoms with van der Waals surface area (Å²) < 4.78 is 19.0. The molecule has 0 bridgehead atoms. The summed E-state index contributed by atoms with van der Waals surface area (Å²) in [5.41, 5.74) is 0.767. The molecule has 0 aliphatic rings. The van der Waals surface area contributed by atoms with E-state index in [4.69, 9.17) is 27.9 Å². The molecule has 106 valence electrons. The van der Waals surface area contributed by atoms with Gasteiger partial charge in [-0.2, -0.15) is 0 Å². The first-order valence-electron chi connectivity index (χ1n) is 5.98. The van der Waals surface area contributed by atoms with Crippen LogP contribution in [0.15, 0.2) is 36.4 Å². The van der Waals surface area contributed by atoms with Gasteiger partial charge in [-0.05, 0) is 23.8 Å². The van der Waals surface area contributed by atoms with Crippen molar-refractivity contribution in [2.24, 2.45) is 0 Å². The van der Waals surface area contributed by atoms with E-state index < -0.39 is 11.9 Å². The van der Waals surface area contributed by atoms with Crippen LogP contribution in [-0.4, -0.2) is 12.2 Å². The first-order valence-corrected chi connectivity index (χ1v) is 6.73. The van der Waals surface area contributed by atoms with Crippen molar-refractivity contribution in [2.75, 3.05) is 7.11 Å². The lowest BCUT2D eigenvalue weighted by molar-refractivity contribution is 0.169. The minimum atomic E-state index is -1.07.